The maximum Gasteiger partial charge on any atom is 0.134 e. The fraction of sp³-hybridized carbons (Fsp3) is 0.132. The minimum atomic E-state index is 0.210. The highest BCUT2D eigenvalue weighted by atomic mass is 16.3. The van der Waals surface area contributed by atoms with Crippen LogP contribution in [0.1, 0.15) is 25.0 Å². The number of anilines is 2. The molecule has 1 unspecified atom stereocenters. The van der Waals surface area contributed by atoms with Crippen molar-refractivity contribution in [1.82, 2.24) is 0 Å². The summed E-state index contributed by atoms with van der Waals surface area (Å²) in [6.07, 6.45) is 1.49. The predicted molar refractivity (Wildman–Crippen MR) is 180 cm³/mol. The number of Topliss-reactive ketones (excluding diaryl/α,β-unsaturated/α-hetero) is 1. The van der Waals surface area contributed by atoms with Crippen LogP contribution in [0.3, 0.4) is 0 Å². The number of fused-ring (bicyclic) bond motifs is 2. The summed E-state index contributed by atoms with van der Waals surface area (Å²) in [6, 6.07) is 43.1. The first-order valence-corrected chi connectivity index (χ1v) is 14.3. The largest absolute Gasteiger partial charge is 0.508 e. The number of nitrogens with two attached hydrogens (primary N) is 1. The van der Waals surface area contributed by atoms with Crippen molar-refractivity contribution in [3.05, 3.63) is 145 Å². The fourth-order valence-electron chi connectivity index (χ4n) is 4.88. The second-order valence-corrected chi connectivity index (χ2v) is 10.5. The lowest BCUT2D eigenvalue weighted by molar-refractivity contribution is -0.116. The van der Waals surface area contributed by atoms with Gasteiger partial charge < -0.3 is 21.3 Å². The number of carbonyl (C=O) groups is 1. The molecule has 0 radical (unpaired) electrons. The van der Waals surface area contributed by atoms with Crippen molar-refractivity contribution in [2.24, 2.45) is 0 Å². The molecule has 5 N–H and O–H groups in total. The van der Waals surface area contributed by atoms with E-state index in [1.54, 1.807) is 43.3 Å². The van der Waals surface area contributed by atoms with Gasteiger partial charge in [-0.2, -0.15) is 0 Å². The van der Waals surface area contributed by atoms with Gasteiger partial charge in [0, 0.05) is 23.8 Å². The Morgan fingerprint density at radius 1 is 0.651 bits per heavy atom. The van der Waals surface area contributed by atoms with Gasteiger partial charge in [0.2, 0.25) is 0 Å². The van der Waals surface area contributed by atoms with Crippen LogP contribution in [0.25, 0.3) is 21.5 Å². The van der Waals surface area contributed by atoms with Crippen LogP contribution in [-0.2, 0) is 17.6 Å². The standard InChI is InChI=1S/C19H19NO.C13H12O.C6H7NO/c1-14(20-17-9-11-18(21)12-10-17)13-16-7-4-6-15-5-2-3-8-19(15)16;1-10(14)9-12-7-4-6-11-5-2-3-8-13(11)12;7-5-1-3-6(8)4-2-5/h2-12,14,20-21H,13H2,1H3;2-8H,9H2,1H3;1-4,8H,7H2. The Labute approximate surface area is 253 Å². The summed E-state index contributed by atoms with van der Waals surface area (Å²) in [7, 11) is 0. The smallest absolute Gasteiger partial charge is 0.134 e. The Morgan fingerprint density at radius 2 is 1.12 bits per heavy atom. The average molecular weight is 571 g/mol. The number of rotatable bonds is 6. The summed E-state index contributed by atoms with van der Waals surface area (Å²) in [4.78, 5) is 11.1. The van der Waals surface area contributed by atoms with Crippen molar-refractivity contribution < 1.29 is 15.0 Å². The Hall–Kier alpha value is -5.29. The fourth-order valence-corrected chi connectivity index (χ4v) is 4.88. The monoisotopic (exact) mass is 570 g/mol. The van der Waals surface area contributed by atoms with E-state index in [2.05, 4.69) is 72.9 Å². The van der Waals surface area contributed by atoms with Gasteiger partial charge in [-0.1, -0.05) is 84.9 Å². The van der Waals surface area contributed by atoms with Crippen LogP contribution in [-0.4, -0.2) is 22.0 Å². The summed E-state index contributed by atoms with van der Waals surface area (Å²) in [5, 5.41) is 26.5. The lowest BCUT2D eigenvalue weighted by Crippen LogP contribution is -2.18. The van der Waals surface area contributed by atoms with Gasteiger partial charge in [-0.05, 0) is 101 Å². The molecule has 0 amide bonds. The van der Waals surface area contributed by atoms with Crippen molar-refractivity contribution >= 4 is 38.7 Å². The third-order valence-corrected chi connectivity index (χ3v) is 6.90. The first kappa shape index (κ1) is 30.7. The minimum absolute atomic E-state index is 0.210. The van der Waals surface area contributed by atoms with Gasteiger partial charge in [0.1, 0.15) is 17.3 Å². The van der Waals surface area contributed by atoms with E-state index in [-0.39, 0.29) is 11.5 Å². The van der Waals surface area contributed by atoms with Gasteiger partial charge in [0.15, 0.2) is 0 Å². The predicted octanol–water partition coefficient (Wildman–Crippen LogP) is 8.53. The molecule has 0 aliphatic rings. The highest BCUT2D eigenvalue weighted by Crippen LogP contribution is 2.22. The molecule has 6 aromatic rings. The van der Waals surface area contributed by atoms with E-state index in [1.807, 2.05) is 36.4 Å². The van der Waals surface area contributed by atoms with Crippen molar-refractivity contribution in [1.29, 1.82) is 0 Å². The van der Waals surface area contributed by atoms with E-state index >= 15 is 0 Å². The number of aromatic hydroxyl groups is 2. The van der Waals surface area contributed by atoms with Gasteiger partial charge >= 0.3 is 0 Å². The SMILES string of the molecule is CC(=O)Cc1cccc2ccccc12.CC(Cc1cccc2ccccc12)Nc1ccc(O)cc1.Nc1ccc(O)cc1. The summed E-state index contributed by atoms with van der Waals surface area (Å²) >= 11 is 0. The summed E-state index contributed by atoms with van der Waals surface area (Å²) in [5.41, 5.74) is 9.49. The highest BCUT2D eigenvalue weighted by Gasteiger charge is 2.07. The second kappa shape index (κ2) is 15.1. The molecule has 0 fully saturated rings. The molecule has 0 aromatic heterocycles. The van der Waals surface area contributed by atoms with Gasteiger partial charge in [-0.15, -0.1) is 0 Å². The summed E-state index contributed by atoms with van der Waals surface area (Å²) in [5.74, 6) is 0.753. The number of hydrogen-bond acceptors (Lipinski definition) is 5. The zero-order valence-corrected chi connectivity index (χ0v) is 24.6. The number of benzene rings is 6. The van der Waals surface area contributed by atoms with Crippen LogP contribution in [0.4, 0.5) is 11.4 Å². The number of carbonyl (C=O) groups excluding carboxylic acids is 1. The van der Waals surface area contributed by atoms with Gasteiger partial charge in [0.25, 0.3) is 0 Å². The van der Waals surface area contributed by atoms with Gasteiger partial charge in [0.05, 0.1) is 0 Å². The molecule has 0 aliphatic heterocycles. The lowest BCUT2D eigenvalue weighted by atomic mass is 9.99. The molecule has 5 nitrogen and oxygen atoms in total. The second-order valence-electron chi connectivity index (χ2n) is 10.5. The van der Waals surface area contributed by atoms with E-state index in [9.17, 15) is 9.90 Å². The zero-order chi connectivity index (χ0) is 30.6. The number of ketones is 1. The van der Waals surface area contributed by atoms with E-state index < -0.39 is 0 Å². The van der Waals surface area contributed by atoms with Crippen molar-refractivity contribution in [2.75, 3.05) is 11.1 Å². The normalized spacial score (nSPS) is 11.0. The van der Waals surface area contributed by atoms with Crippen molar-refractivity contribution in [2.45, 2.75) is 32.7 Å². The van der Waals surface area contributed by atoms with Crippen LogP contribution < -0.4 is 11.1 Å². The Kier molecular flexibility index (Phi) is 10.8. The zero-order valence-electron chi connectivity index (χ0n) is 24.6. The number of phenols is 2. The molecular weight excluding hydrogens is 532 g/mol. The number of phenolic OH excluding ortho intramolecular Hbond substituents is 2. The molecule has 1 atom stereocenters. The highest BCUT2D eigenvalue weighted by molar-refractivity contribution is 5.90. The molecule has 0 saturated carbocycles. The molecule has 0 aliphatic carbocycles. The minimum Gasteiger partial charge on any atom is -0.508 e. The molecule has 5 heteroatoms. The van der Waals surface area contributed by atoms with Gasteiger partial charge in [-0.3, -0.25) is 4.79 Å². The summed E-state index contributed by atoms with van der Waals surface area (Å²) in [6.45, 7) is 3.80. The third-order valence-electron chi connectivity index (χ3n) is 6.90. The number of nitrogen functional groups attached to an aromatic ring is 1. The summed E-state index contributed by atoms with van der Waals surface area (Å²) < 4.78 is 0. The Bertz CT molecular complexity index is 1730. The molecule has 6 aromatic carbocycles. The van der Waals surface area contributed by atoms with E-state index in [0.29, 0.717) is 23.9 Å². The average Bonchev–Trinajstić information content (AvgIpc) is 3.01. The molecule has 0 spiro atoms. The molecule has 218 valence electrons. The van der Waals surface area contributed by atoms with Crippen LogP contribution in [0.15, 0.2) is 133 Å². The Morgan fingerprint density at radius 3 is 1.65 bits per heavy atom. The van der Waals surface area contributed by atoms with E-state index in [1.165, 1.54) is 27.1 Å². The molecule has 0 saturated heterocycles. The van der Waals surface area contributed by atoms with Gasteiger partial charge in [-0.25, -0.2) is 0 Å². The van der Waals surface area contributed by atoms with Crippen molar-refractivity contribution in [3.8, 4) is 11.5 Å². The van der Waals surface area contributed by atoms with Crippen molar-refractivity contribution in [3.63, 3.8) is 0 Å². The molecule has 6 rings (SSSR count). The molecular formula is C38H38N2O3. The Balaban J connectivity index is 0.000000165. The first-order valence-electron chi connectivity index (χ1n) is 14.3. The van der Waals surface area contributed by atoms with Crippen LogP contribution >= 0.6 is 0 Å². The van der Waals surface area contributed by atoms with Crippen LogP contribution in [0.2, 0.25) is 0 Å². The molecule has 0 bridgehead atoms. The molecule has 43 heavy (non-hydrogen) atoms. The third kappa shape index (κ3) is 9.37. The van der Waals surface area contributed by atoms with Crippen LogP contribution in [0, 0.1) is 0 Å². The number of nitrogens with one attached hydrogen (secondary N) is 1. The maximum atomic E-state index is 11.1. The lowest BCUT2D eigenvalue weighted by Gasteiger charge is -2.16. The van der Waals surface area contributed by atoms with E-state index in [4.69, 9.17) is 10.8 Å². The maximum absolute atomic E-state index is 11.1. The quantitative estimate of drug-likeness (QED) is 0.119. The number of hydrogen-bond donors (Lipinski definition) is 4. The molecule has 0 heterocycles. The topological polar surface area (TPSA) is 95.6 Å². The van der Waals surface area contributed by atoms with E-state index in [0.717, 1.165) is 17.7 Å². The van der Waals surface area contributed by atoms with Crippen LogP contribution in [0.5, 0.6) is 11.5 Å². The first-order chi connectivity index (χ1) is 20.8.